The summed E-state index contributed by atoms with van der Waals surface area (Å²) in [6.07, 6.45) is 7.49. The highest BCUT2D eigenvalue weighted by atomic mass is 16.1. The van der Waals surface area contributed by atoms with Gasteiger partial charge in [-0.1, -0.05) is 32.3 Å². The number of benzene rings is 1. The van der Waals surface area contributed by atoms with Crippen molar-refractivity contribution in [2.45, 2.75) is 58.4 Å². The molecule has 1 amide bonds. The van der Waals surface area contributed by atoms with Crippen LogP contribution >= 0.6 is 0 Å². The highest BCUT2D eigenvalue weighted by Gasteiger charge is 2.24. The molecule has 0 saturated heterocycles. The van der Waals surface area contributed by atoms with E-state index < -0.39 is 0 Å². The fraction of sp³-hybridized carbons (Fsp3) is 0.611. The molecule has 2 rings (SSSR count). The smallest absolute Gasteiger partial charge is 0.253 e. The first-order valence-electron chi connectivity index (χ1n) is 8.25. The molecule has 0 heterocycles. The van der Waals surface area contributed by atoms with Gasteiger partial charge in [-0.05, 0) is 49.8 Å². The van der Waals surface area contributed by atoms with Gasteiger partial charge >= 0.3 is 0 Å². The molecule has 0 aromatic heterocycles. The number of amides is 1. The number of carbonyl (C=O) groups is 1. The SMILES string of the molecule is CCC(NC(=O)c1ccc(C)cc1NC)C1CCCCC1. The molecular weight excluding hydrogens is 260 g/mol. The van der Waals surface area contributed by atoms with Crippen LogP contribution in [0.15, 0.2) is 18.2 Å². The summed E-state index contributed by atoms with van der Waals surface area (Å²) in [6.45, 7) is 4.22. The van der Waals surface area contributed by atoms with Crippen molar-refractivity contribution >= 4 is 11.6 Å². The molecule has 1 aromatic rings. The summed E-state index contributed by atoms with van der Waals surface area (Å²) in [6, 6.07) is 6.25. The molecule has 1 atom stereocenters. The van der Waals surface area contributed by atoms with Gasteiger partial charge in [0, 0.05) is 18.8 Å². The van der Waals surface area contributed by atoms with E-state index in [9.17, 15) is 4.79 Å². The van der Waals surface area contributed by atoms with Crippen LogP contribution in [0.25, 0.3) is 0 Å². The molecule has 1 fully saturated rings. The minimum absolute atomic E-state index is 0.0526. The molecule has 1 aromatic carbocycles. The van der Waals surface area contributed by atoms with E-state index in [0.29, 0.717) is 12.0 Å². The van der Waals surface area contributed by atoms with Crippen LogP contribution in [0.4, 0.5) is 5.69 Å². The normalized spacial score (nSPS) is 17.3. The quantitative estimate of drug-likeness (QED) is 0.855. The molecular formula is C18H28N2O. The zero-order valence-electron chi connectivity index (χ0n) is 13.5. The van der Waals surface area contributed by atoms with Crippen LogP contribution in [-0.2, 0) is 0 Å². The number of anilines is 1. The van der Waals surface area contributed by atoms with E-state index in [1.165, 1.54) is 32.1 Å². The van der Waals surface area contributed by atoms with Gasteiger partial charge in [0.1, 0.15) is 0 Å². The van der Waals surface area contributed by atoms with E-state index in [-0.39, 0.29) is 5.91 Å². The van der Waals surface area contributed by atoms with Gasteiger partial charge in [0.2, 0.25) is 0 Å². The van der Waals surface area contributed by atoms with Gasteiger partial charge in [-0.25, -0.2) is 0 Å². The Morgan fingerprint density at radius 1 is 1.29 bits per heavy atom. The van der Waals surface area contributed by atoms with Crippen LogP contribution in [0.2, 0.25) is 0 Å². The summed E-state index contributed by atoms with van der Waals surface area (Å²) < 4.78 is 0. The van der Waals surface area contributed by atoms with Gasteiger partial charge in [0.05, 0.1) is 5.56 Å². The molecule has 0 radical (unpaired) electrons. The topological polar surface area (TPSA) is 41.1 Å². The lowest BCUT2D eigenvalue weighted by atomic mass is 9.83. The molecule has 0 bridgehead atoms. The Bertz CT molecular complexity index is 478. The zero-order chi connectivity index (χ0) is 15.2. The molecule has 1 saturated carbocycles. The number of carbonyl (C=O) groups excluding carboxylic acids is 1. The van der Waals surface area contributed by atoms with Crippen molar-refractivity contribution < 1.29 is 4.79 Å². The summed E-state index contributed by atoms with van der Waals surface area (Å²) in [4.78, 5) is 12.6. The molecule has 2 N–H and O–H groups in total. The third-order valence-electron chi connectivity index (χ3n) is 4.66. The summed E-state index contributed by atoms with van der Waals surface area (Å²) in [5.74, 6) is 0.702. The van der Waals surface area contributed by atoms with Crippen LogP contribution in [0.1, 0.15) is 61.4 Å². The largest absolute Gasteiger partial charge is 0.387 e. The fourth-order valence-corrected chi connectivity index (χ4v) is 3.40. The third kappa shape index (κ3) is 3.99. The summed E-state index contributed by atoms with van der Waals surface area (Å²) in [5.41, 5.74) is 2.82. The van der Waals surface area contributed by atoms with E-state index in [4.69, 9.17) is 0 Å². The van der Waals surface area contributed by atoms with Gasteiger partial charge in [0.15, 0.2) is 0 Å². The second-order valence-corrected chi connectivity index (χ2v) is 6.19. The Morgan fingerprint density at radius 2 is 2.00 bits per heavy atom. The second-order valence-electron chi connectivity index (χ2n) is 6.19. The van der Waals surface area contributed by atoms with E-state index in [2.05, 4.69) is 17.6 Å². The summed E-state index contributed by atoms with van der Waals surface area (Å²) >= 11 is 0. The number of aryl methyl sites for hydroxylation is 1. The van der Waals surface area contributed by atoms with E-state index in [0.717, 1.165) is 23.2 Å². The zero-order valence-corrected chi connectivity index (χ0v) is 13.5. The standard InChI is InChI=1S/C18H28N2O/c1-4-16(14-8-6-5-7-9-14)20-18(21)15-11-10-13(2)12-17(15)19-3/h10-12,14,16,19H,4-9H2,1-3H3,(H,20,21). The monoisotopic (exact) mass is 288 g/mol. The van der Waals surface area contributed by atoms with Gasteiger partial charge in [-0.3, -0.25) is 4.79 Å². The summed E-state index contributed by atoms with van der Waals surface area (Å²) in [5, 5.41) is 6.40. The average molecular weight is 288 g/mol. The minimum Gasteiger partial charge on any atom is -0.387 e. The lowest BCUT2D eigenvalue weighted by molar-refractivity contribution is 0.0912. The van der Waals surface area contributed by atoms with E-state index >= 15 is 0 Å². The molecule has 3 nitrogen and oxygen atoms in total. The predicted octanol–water partition coefficient (Wildman–Crippen LogP) is 4.13. The van der Waals surface area contributed by atoms with Gasteiger partial charge < -0.3 is 10.6 Å². The molecule has 1 unspecified atom stereocenters. The van der Waals surface area contributed by atoms with Gasteiger partial charge in [0.25, 0.3) is 5.91 Å². The average Bonchev–Trinajstić information content (AvgIpc) is 2.53. The van der Waals surface area contributed by atoms with Crippen molar-refractivity contribution in [1.29, 1.82) is 0 Å². The maximum absolute atomic E-state index is 12.6. The molecule has 0 spiro atoms. The first-order chi connectivity index (χ1) is 10.2. The van der Waals surface area contributed by atoms with Crippen molar-refractivity contribution in [3.63, 3.8) is 0 Å². The van der Waals surface area contributed by atoms with Crippen molar-refractivity contribution in [2.24, 2.45) is 5.92 Å². The maximum Gasteiger partial charge on any atom is 0.253 e. The molecule has 116 valence electrons. The van der Waals surface area contributed by atoms with Crippen LogP contribution in [0, 0.1) is 12.8 Å². The Labute approximate surface area is 128 Å². The molecule has 3 heteroatoms. The summed E-state index contributed by atoms with van der Waals surface area (Å²) in [7, 11) is 1.87. The Morgan fingerprint density at radius 3 is 2.62 bits per heavy atom. The molecule has 21 heavy (non-hydrogen) atoms. The molecule has 1 aliphatic rings. The fourth-order valence-electron chi connectivity index (χ4n) is 3.40. The van der Waals surface area contributed by atoms with Crippen molar-refractivity contribution in [3.05, 3.63) is 29.3 Å². The first-order valence-corrected chi connectivity index (χ1v) is 8.25. The molecule has 1 aliphatic carbocycles. The molecule has 0 aliphatic heterocycles. The van der Waals surface area contributed by atoms with Crippen molar-refractivity contribution in [1.82, 2.24) is 5.32 Å². The number of nitrogens with one attached hydrogen (secondary N) is 2. The van der Waals surface area contributed by atoms with Crippen LogP contribution in [0.5, 0.6) is 0 Å². The number of hydrogen-bond donors (Lipinski definition) is 2. The van der Waals surface area contributed by atoms with Crippen LogP contribution < -0.4 is 10.6 Å². The highest BCUT2D eigenvalue weighted by molar-refractivity contribution is 5.99. The van der Waals surface area contributed by atoms with Crippen LogP contribution in [-0.4, -0.2) is 19.0 Å². The van der Waals surface area contributed by atoms with Gasteiger partial charge in [-0.15, -0.1) is 0 Å². The second kappa shape index (κ2) is 7.48. The Kier molecular flexibility index (Phi) is 5.66. The highest BCUT2D eigenvalue weighted by Crippen LogP contribution is 2.28. The first kappa shape index (κ1) is 15.9. The lowest BCUT2D eigenvalue weighted by Crippen LogP contribution is -2.40. The van der Waals surface area contributed by atoms with E-state index in [1.807, 2.05) is 32.2 Å². The Balaban J connectivity index is 2.08. The van der Waals surface area contributed by atoms with Gasteiger partial charge in [-0.2, -0.15) is 0 Å². The van der Waals surface area contributed by atoms with Crippen molar-refractivity contribution in [2.75, 3.05) is 12.4 Å². The number of hydrogen-bond acceptors (Lipinski definition) is 2. The van der Waals surface area contributed by atoms with Crippen molar-refractivity contribution in [3.8, 4) is 0 Å². The minimum atomic E-state index is 0.0526. The lowest BCUT2D eigenvalue weighted by Gasteiger charge is -2.30. The van der Waals surface area contributed by atoms with Crippen LogP contribution in [0.3, 0.4) is 0 Å². The third-order valence-corrected chi connectivity index (χ3v) is 4.66. The number of rotatable bonds is 5. The van der Waals surface area contributed by atoms with E-state index in [1.54, 1.807) is 0 Å². The predicted molar refractivity (Wildman–Crippen MR) is 88.8 cm³/mol. The Hall–Kier alpha value is -1.51. The maximum atomic E-state index is 12.6.